The summed E-state index contributed by atoms with van der Waals surface area (Å²) in [6.07, 6.45) is 0.368. The average Bonchev–Trinajstić information content (AvgIpc) is 3.34. The third-order valence-electron chi connectivity index (χ3n) is 5.66. The fourth-order valence-electron chi connectivity index (χ4n) is 3.80. The largest absolute Gasteiger partial charge is 0.379 e. The highest BCUT2D eigenvalue weighted by molar-refractivity contribution is 7.15. The number of aliphatic imine (C=N–C) groups is 1. The Morgan fingerprint density at radius 2 is 2.06 bits per heavy atom. The molecule has 0 saturated heterocycles. The van der Waals surface area contributed by atoms with Crippen molar-refractivity contribution in [2.24, 2.45) is 4.99 Å². The number of thiophene rings is 1. The van der Waals surface area contributed by atoms with Gasteiger partial charge in [-0.15, -0.1) is 21.5 Å². The van der Waals surface area contributed by atoms with Crippen molar-refractivity contribution in [1.29, 1.82) is 0 Å². The van der Waals surface area contributed by atoms with E-state index in [1.165, 1.54) is 20.3 Å². The van der Waals surface area contributed by atoms with Crippen molar-refractivity contribution in [3.63, 3.8) is 0 Å². The zero-order chi connectivity index (χ0) is 23.7. The number of rotatable bonds is 8. The molecule has 1 aliphatic heterocycles. The van der Waals surface area contributed by atoms with Crippen molar-refractivity contribution in [2.45, 2.75) is 38.8 Å². The van der Waals surface area contributed by atoms with E-state index in [0.717, 1.165) is 21.0 Å². The molecule has 0 saturated carbocycles. The first kappa shape index (κ1) is 23.9. The highest BCUT2D eigenvalue weighted by Crippen LogP contribution is 2.39. The third kappa shape index (κ3) is 4.72. The first-order valence-electron chi connectivity index (χ1n) is 10.3. The monoisotopic (exact) mass is 493 g/mol. The number of nitrogens with zero attached hydrogens (tertiary/aromatic N) is 4. The van der Waals surface area contributed by atoms with Gasteiger partial charge in [0.15, 0.2) is 12.1 Å². The molecule has 33 heavy (non-hydrogen) atoms. The molecule has 0 radical (unpaired) electrons. The second-order valence-electron chi connectivity index (χ2n) is 7.70. The van der Waals surface area contributed by atoms with Gasteiger partial charge in [-0.25, -0.2) is 4.39 Å². The molecule has 8 nitrogen and oxygen atoms in total. The lowest BCUT2D eigenvalue weighted by atomic mass is 9.99. The molecular weight excluding hydrogens is 469 g/mol. The van der Waals surface area contributed by atoms with Crippen molar-refractivity contribution in [3.8, 4) is 5.00 Å². The second-order valence-corrected chi connectivity index (χ2v) is 9.34. The number of hydrogen-bond donors (Lipinski definition) is 2. The van der Waals surface area contributed by atoms with E-state index in [-0.39, 0.29) is 13.0 Å². The van der Waals surface area contributed by atoms with Gasteiger partial charge < -0.3 is 14.6 Å². The first-order chi connectivity index (χ1) is 15.8. The summed E-state index contributed by atoms with van der Waals surface area (Å²) in [4.78, 5) is 6.02. The molecule has 0 aliphatic carbocycles. The van der Waals surface area contributed by atoms with Gasteiger partial charge in [-0.3, -0.25) is 14.9 Å². The molecule has 3 aromatic rings. The van der Waals surface area contributed by atoms with Crippen LogP contribution in [0.3, 0.4) is 0 Å². The van der Waals surface area contributed by atoms with Gasteiger partial charge in [-0.2, -0.15) is 0 Å². The van der Waals surface area contributed by atoms with E-state index < -0.39 is 24.4 Å². The van der Waals surface area contributed by atoms with Crippen LogP contribution in [0.1, 0.15) is 39.9 Å². The summed E-state index contributed by atoms with van der Waals surface area (Å²) in [6.45, 7) is 4.29. The summed E-state index contributed by atoms with van der Waals surface area (Å²) in [5.74, 6) is 0.103. The minimum atomic E-state index is -0.938. The molecule has 2 atom stereocenters. The van der Waals surface area contributed by atoms with Gasteiger partial charge in [-0.1, -0.05) is 11.6 Å². The van der Waals surface area contributed by atoms with E-state index in [1.807, 2.05) is 18.4 Å². The van der Waals surface area contributed by atoms with Gasteiger partial charge in [0, 0.05) is 48.2 Å². The molecule has 0 bridgehead atoms. The van der Waals surface area contributed by atoms with Crippen molar-refractivity contribution < 1.29 is 19.0 Å². The minimum Gasteiger partial charge on any atom is -0.379 e. The molecule has 1 aliphatic rings. The maximum atomic E-state index is 15.0. The Hall–Kier alpha value is -2.21. The van der Waals surface area contributed by atoms with Crippen LogP contribution in [0.5, 0.6) is 0 Å². The van der Waals surface area contributed by atoms with Crippen LogP contribution in [0.15, 0.2) is 29.5 Å². The highest BCUT2D eigenvalue weighted by atomic mass is 35.5. The van der Waals surface area contributed by atoms with Crippen LogP contribution in [0.2, 0.25) is 5.02 Å². The summed E-state index contributed by atoms with van der Waals surface area (Å²) in [7, 11) is 3.05. The van der Waals surface area contributed by atoms with Crippen LogP contribution >= 0.6 is 22.9 Å². The molecule has 0 fully saturated rings. The smallest absolute Gasteiger partial charge is 0.169 e. The first-order valence-corrected chi connectivity index (χ1v) is 11.5. The SMILES string of the molecule is COC(CNC(O)CC1N=C(c2ccc(Cl)cc2F)c2c(sc(C)c2C)-n2cnnc21)OC. The average molecular weight is 494 g/mol. The van der Waals surface area contributed by atoms with Gasteiger partial charge in [0.1, 0.15) is 29.4 Å². The number of nitrogens with one attached hydrogen (secondary N) is 1. The number of halogens is 2. The summed E-state index contributed by atoms with van der Waals surface area (Å²) in [5, 5.41) is 23.2. The van der Waals surface area contributed by atoms with Gasteiger partial charge in [0.25, 0.3) is 0 Å². The molecule has 2 aromatic heterocycles. The van der Waals surface area contributed by atoms with Crippen molar-refractivity contribution in [2.75, 3.05) is 20.8 Å². The van der Waals surface area contributed by atoms with Crippen LogP contribution < -0.4 is 5.32 Å². The fourth-order valence-corrected chi connectivity index (χ4v) is 5.09. The zero-order valence-electron chi connectivity index (χ0n) is 18.7. The normalized spacial score (nSPS) is 16.4. The van der Waals surface area contributed by atoms with E-state index in [0.29, 0.717) is 22.1 Å². The van der Waals surface area contributed by atoms with E-state index in [1.54, 1.807) is 29.8 Å². The molecule has 2 unspecified atom stereocenters. The summed E-state index contributed by atoms with van der Waals surface area (Å²) < 4.78 is 27.2. The molecule has 4 rings (SSSR count). The predicted octanol–water partition coefficient (Wildman–Crippen LogP) is 3.55. The Kier molecular flexibility index (Phi) is 7.22. The van der Waals surface area contributed by atoms with E-state index >= 15 is 4.39 Å². The topological polar surface area (TPSA) is 93.8 Å². The number of methoxy groups -OCH3 is 2. The summed E-state index contributed by atoms with van der Waals surface area (Å²) in [6, 6.07) is 3.97. The van der Waals surface area contributed by atoms with E-state index in [9.17, 15) is 5.11 Å². The Morgan fingerprint density at radius 1 is 1.30 bits per heavy atom. The zero-order valence-corrected chi connectivity index (χ0v) is 20.2. The highest BCUT2D eigenvalue weighted by Gasteiger charge is 2.32. The molecule has 11 heteroatoms. The Bertz CT molecular complexity index is 1180. The van der Waals surface area contributed by atoms with Crippen LogP contribution in [0.25, 0.3) is 5.00 Å². The predicted molar refractivity (Wildman–Crippen MR) is 125 cm³/mol. The minimum absolute atomic E-state index is 0.185. The number of hydrogen-bond acceptors (Lipinski definition) is 8. The Morgan fingerprint density at radius 3 is 2.76 bits per heavy atom. The number of fused-ring (bicyclic) bond motifs is 3. The van der Waals surface area contributed by atoms with Crippen LogP contribution in [-0.4, -0.2) is 58.9 Å². The number of aliphatic hydroxyl groups is 1. The van der Waals surface area contributed by atoms with Gasteiger partial charge >= 0.3 is 0 Å². The lowest BCUT2D eigenvalue weighted by molar-refractivity contribution is -0.104. The number of benzene rings is 1. The molecule has 1 aromatic carbocycles. The summed E-state index contributed by atoms with van der Waals surface area (Å²) in [5.41, 5.74) is 2.66. The Balaban J connectivity index is 1.78. The van der Waals surface area contributed by atoms with E-state index in [4.69, 9.17) is 26.1 Å². The lowest BCUT2D eigenvalue weighted by Gasteiger charge is -2.20. The van der Waals surface area contributed by atoms with Crippen LogP contribution in [-0.2, 0) is 9.47 Å². The van der Waals surface area contributed by atoms with Gasteiger partial charge in [0.2, 0.25) is 0 Å². The second kappa shape index (κ2) is 9.96. The standard InChI is InChI=1S/C22H25ClFN5O3S/c1-11-12(2)33-22-19(11)20(14-6-5-13(23)7-15(14)24)27-16(21-28-26-10-29(21)22)8-17(30)25-9-18(31-3)32-4/h5-7,10,16-18,25,30H,8-9H2,1-4H3. The molecular formula is C22H25ClFN5O3S. The van der Waals surface area contributed by atoms with Crippen molar-refractivity contribution in [1.82, 2.24) is 20.1 Å². The molecule has 3 heterocycles. The maximum Gasteiger partial charge on any atom is 0.169 e. The molecule has 176 valence electrons. The Labute approximate surface area is 200 Å². The number of aryl methyl sites for hydroxylation is 1. The summed E-state index contributed by atoms with van der Waals surface area (Å²) >= 11 is 7.57. The van der Waals surface area contributed by atoms with Crippen LogP contribution in [0, 0.1) is 19.7 Å². The van der Waals surface area contributed by atoms with Crippen molar-refractivity contribution >= 4 is 28.6 Å². The molecule has 2 N–H and O–H groups in total. The van der Waals surface area contributed by atoms with Crippen molar-refractivity contribution in [3.05, 3.63) is 62.8 Å². The third-order valence-corrected chi connectivity index (χ3v) is 7.10. The maximum absolute atomic E-state index is 15.0. The number of aromatic nitrogens is 3. The van der Waals surface area contributed by atoms with Gasteiger partial charge in [-0.05, 0) is 37.6 Å². The fraction of sp³-hybridized carbons (Fsp3) is 0.409. The van der Waals surface area contributed by atoms with Gasteiger partial charge in [0.05, 0.1) is 5.71 Å². The van der Waals surface area contributed by atoms with E-state index in [2.05, 4.69) is 15.5 Å². The lowest BCUT2D eigenvalue weighted by Crippen LogP contribution is -2.38. The molecule has 0 amide bonds. The number of ether oxygens (including phenoxy) is 2. The van der Waals surface area contributed by atoms with Crippen LogP contribution in [0.4, 0.5) is 4.39 Å². The molecule has 0 spiro atoms. The quantitative estimate of drug-likeness (QED) is 0.466. The number of aliphatic hydroxyl groups excluding tert-OH is 1.